The molecule has 1 aliphatic rings. The summed E-state index contributed by atoms with van der Waals surface area (Å²) in [5, 5.41) is 0. The smallest absolute Gasteiger partial charge is 0.266 e. The second kappa shape index (κ2) is 5.74. The van der Waals surface area contributed by atoms with Gasteiger partial charge in [0, 0.05) is 6.42 Å². The number of hydrogen-bond donors (Lipinski definition) is 0. The first-order chi connectivity index (χ1) is 8.91. The molecule has 1 aromatic rings. The Morgan fingerprint density at radius 2 is 2.05 bits per heavy atom. The minimum Gasteiger partial charge on any atom is -0.470 e. The SMILES string of the molecule is C=CC1CC(c2ccccc2C)OC(C(Cl)(Cl)Cl)=N1. The van der Waals surface area contributed by atoms with Crippen LogP contribution in [0.4, 0.5) is 0 Å². The standard InChI is InChI=1S/C14H14Cl3NO/c1-3-10-8-12(11-7-5-4-6-9(11)2)19-13(18-10)14(15,16)17/h3-7,10,12H,1,8H2,2H3. The van der Waals surface area contributed by atoms with Gasteiger partial charge in [-0.15, -0.1) is 6.58 Å². The molecule has 0 saturated heterocycles. The van der Waals surface area contributed by atoms with Gasteiger partial charge in [0.1, 0.15) is 6.10 Å². The minimum atomic E-state index is -1.65. The average molecular weight is 319 g/mol. The Balaban J connectivity index is 2.33. The zero-order chi connectivity index (χ0) is 14.0. The number of rotatable bonds is 2. The Labute approximate surface area is 128 Å². The van der Waals surface area contributed by atoms with E-state index in [1.807, 2.05) is 31.2 Å². The van der Waals surface area contributed by atoms with Crippen molar-refractivity contribution in [1.29, 1.82) is 0 Å². The largest absolute Gasteiger partial charge is 0.470 e. The van der Waals surface area contributed by atoms with Gasteiger partial charge in [-0.25, -0.2) is 4.99 Å². The molecule has 2 unspecified atom stereocenters. The van der Waals surface area contributed by atoms with Gasteiger partial charge in [0.2, 0.25) is 5.90 Å². The summed E-state index contributed by atoms with van der Waals surface area (Å²) >= 11 is 17.6. The fraction of sp³-hybridized carbons (Fsp3) is 0.357. The lowest BCUT2D eigenvalue weighted by molar-refractivity contribution is 0.154. The maximum atomic E-state index is 5.87. The Kier molecular flexibility index (Phi) is 4.44. The first-order valence-electron chi connectivity index (χ1n) is 5.91. The third-order valence-electron chi connectivity index (χ3n) is 3.04. The molecule has 0 aliphatic carbocycles. The Hall–Kier alpha value is -0.700. The molecule has 0 amide bonds. The molecule has 2 rings (SSSR count). The third kappa shape index (κ3) is 3.44. The number of aryl methyl sites for hydroxylation is 1. The molecule has 2 nitrogen and oxygen atoms in total. The van der Waals surface area contributed by atoms with Crippen LogP contribution in [-0.4, -0.2) is 15.7 Å². The third-order valence-corrected chi connectivity index (χ3v) is 3.53. The first kappa shape index (κ1) is 14.7. The van der Waals surface area contributed by atoms with E-state index >= 15 is 0 Å². The lowest BCUT2D eigenvalue weighted by Crippen LogP contribution is -2.32. The Morgan fingerprint density at radius 3 is 2.63 bits per heavy atom. The molecule has 19 heavy (non-hydrogen) atoms. The van der Waals surface area contributed by atoms with E-state index in [0.717, 1.165) is 11.1 Å². The van der Waals surface area contributed by atoms with Crippen LogP contribution >= 0.6 is 34.8 Å². The predicted octanol–water partition coefficient (Wildman–Crippen LogP) is 4.78. The Morgan fingerprint density at radius 1 is 1.37 bits per heavy atom. The van der Waals surface area contributed by atoms with Crippen molar-refractivity contribution in [2.24, 2.45) is 4.99 Å². The van der Waals surface area contributed by atoms with E-state index in [4.69, 9.17) is 39.5 Å². The normalized spacial score (nSPS) is 23.5. The zero-order valence-corrected chi connectivity index (χ0v) is 12.7. The topological polar surface area (TPSA) is 21.6 Å². The second-order valence-electron chi connectivity index (χ2n) is 4.43. The summed E-state index contributed by atoms with van der Waals surface area (Å²) in [5.41, 5.74) is 2.22. The van der Waals surface area contributed by atoms with Gasteiger partial charge >= 0.3 is 0 Å². The molecule has 5 heteroatoms. The molecule has 0 aromatic heterocycles. The fourth-order valence-corrected chi connectivity index (χ4v) is 2.34. The van der Waals surface area contributed by atoms with E-state index in [2.05, 4.69) is 11.6 Å². The first-order valence-corrected chi connectivity index (χ1v) is 7.05. The summed E-state index contributed by atoms with van der Waals surface area (Å²) in [6.45, 7) is 5.79. The number of aliphatic imine (C=N–C) groups is 1. The molecule has 1 aromatic carbocycles. The van der Waals surface area contributed by atoms with Crippen LogP contribution in [0.5, 0.6) is 0 Å². The molecule has 1 aliphatic heterocycles. The van der Waals surface area contributed by atoms with Gasteiger partial charge in [-0.05, 0) is 18.1 Å². The highest BCUT2D eigenvalue weighted by molar-refractivity contribution is 6.76. The van der Waals surface area contributed by atoms with Gasteiger partial charge in [-0.3, -0.25) is 0 Å². The van der Waals surface area contributed by atoms with Crippen LogP contribution in [0.15, 0.2) is 41.9 Å². The van der Waals surface area contributed by atoms with Crippen LogP contribution in [-0.2, 0) is 4.74 Å². The van der Waals surface area contributed by atoms with Gasteiger partial charge in [-0.1, -0.05) is 65.1 Å². The summed E-state index contributed by atoms with van der Waals surface area (Å²) in [5.74, 6) is 0.127. The molecule has 0 radical (unpaired) electrons. The maximum absolute atomic E-state index is 5.87. The van der Waals surface area contributed by atoms with Crippen molar-refractivity contribution in [1.82, 2.24) is 0 Å². The van der Waals surface area contributed by atoms with Crippen LogP contribution < -0.4 is 0 Å². The molecule has 1 heterocycles. The van der Waals surface area contributed by atoms with Crippen LogP contribution in [0.1, 0.15) is 23.7 Å². The summed E-state index contributed by atoms with van der Waals surface area (Å²) < 4.78 is 4.11. The summed E-state index contributed by atoms with van der Waals surface area (Å²) in [4.78, 5) is 4.26. The highest BCUT2D eigenvalue weighted by Crippen LogP contribution is 2.37. The van der Waals surface area contributed by atoms with Crippen molar-refractivity contribution < 1.29 is 4.74 Å². The highest BCUT2D eigenvalue weighted by Gasteiger charge is 2.37. The minimum absolute atomic E-state index is 0.107. The number of benzene rings is 1. The van der Waals surface area contributed by atoms with Crippen molar-refractivity contribution >= 4 is 40.7 Å². The average Bonchev–Trinajstić information content (AvgIpc) is 2.37. The van der Waals surface area contributed by atoms with Crippen LogP contribution in [0.2, 0.25) is 0 Å². The van der Waals surface area contributed by atoms with Gasteiger partial charge < -0.3 is 4.74 Å². The van der Waals surface area contributed by atoms with Crippen LogP contribution in [0.25, 0.3) is 0 Å². The van der Waals surface area contributed by atoms with Crippen molar-refractivity contribution in [3.63, 3.8) is 0 Å². The lowest BCUT2D eigenvalue weighted by Gasteiger charge is -2.31. The molecular formula is C14H14Cl3NO. The van der Waals surface area contributed by atoms with E-state index in [0.29, 0.717) is 6.42 Å². The second-order valence-corrected chi connectivity index (χ2v) is 6.72. The van der Waals surface area contributed by atoms with E-state index in [9.17, 15) is 0 Å². The molecule has 0 saturated carbocycles. The molecular weight excluding hydrogens is 305 g/mol. The zero-order valence-electron chi connectivity index (χ0n) is 10.4. The molecule has 102 valence electrons. The van der Waals surface area contributed by atoms with Gasteiger partial charge in [0.05, 0.1) is 6.04 Å². The molecule has 0 N–H and O–H groups in total. The quantitative estimate of drug-likeness (QED) is 0.568. The number of nitrogens with zero attached hydrogens (tertiary/aromatic N) is 1. The molecule has 0 bridgehead atoms. The van der Waals surface area contributed by atoms with E-state index in [1.54, 1.807) is 6.08 Å². The van der Waals surface area contributed by atoms with Gasteiger partial charge in [0.25, 0.3) is 3.79 Å². The van der Waals surface area contributed by atoms with Crippen LogP contribution in [0, 0.1) is 6.92 Å². The monoisotopic (exact) mass is 317 g/mol. The van der Waals surface area contributed by atoms with E-state index in [1.165, 1.54) is 0 Å². The van der Waals surface area contributed by atoms with Gasteiger partial charge in [-0.2, -0.15) is 0 Å². The highest BCUT2D eigenvalue weighted by atomic mass is 35.6. The number of alkyl halides is 3. The van der Waals surface area contributed by atoms with Crippen molar-refractivity contribution in [2.75, 3.05) is 0 Å². The lowest BCUT2D eigenvalue weighted by atomic mass is 9.97. The van der Waals surface area contributed by atoms with Crippen molar-refractivity contribution in [2.45, 2.75) is 29.3 Å². The summed E-state index contributed by atoms with van der Waals surface area (Å²) in [6.07, 6.45) is 2.26. The Bertz CT molecular complexity index is 508. The number of hydrogen-bond acceptors (Lipinski definition) is 2. The summed E-state index contributed by atoms with van der Waals surface area (Å²) in [7, 11) is 0. The number of halogens is 3. The summed E-state index contributed by atoms with van der Waals surface area (Å²) in [6, 6.07) is 7.89. The number of ether oxygens (including phenoxy) is 1. The molecule has 0 fully saturated rings. The maximum Gasteiger partial charge on any atom is 0.266 e. The van der Waals surface area contributed by atoms with Crippen LogP contribution in [0.3, 0.4) is 0 Å². The van der Waals surface area contributed by atoms with Crippen molar-refractivity contribution in [3.8, 4) is 0 Å². The van der Waals surface area contributed by atoms with Crippen molar-refractivity contribution in [3.05, 3.63) is 48.0 Å². The molecule has 2 atom stereocenters. The predicted molar refractivity (Wildman–Crippen MR) is 81.3 cm³/mol. The van der Waals surface area contributed by atoms with Gasteiger partial charge in [0.15, 0.2) is 0 Å². The fourth-order valence-electron chi connectivity index (χ4n) is 2.06. The molecule has 0 spiro atoms. The van der Waals surface area contributed by atoms with E-state index in [-0.39, 0.29) is 18.0 Å². The van der Waals surface area contributed by atoms with E-state index < -0.39 is 3.79 Å².